The summed E-state index contributed by atoms with van der Waals surface area (Å²) >= 11 is 19.5. The highest BCUT2D eigenvalue weighted by molar-refractivity contribution is 6.41. The van der Waals surface area contributed by atoms with Crippen LogP contribution >= 0.6 is 34.8 Å². The van der Waals surface area contributed by atoms with Crippen LogP contribution < -0.4 is 14.4 Å². The van der Waals surface area contributed by atoms with Gasteiger partial charge in [0.2, 0.25) is 0 Å². The van der Waals surface area contributed by atoms with E-state index in [0.29, 0.717) is 38.0 Å². The van der Waals surface area contributed by atoms with Gasteiger partial charge in [0.05, 0.1) is 49.7 Å². The Morgan fingerprint density at radius 2 is 1.70 bits per heavy atom. The first kappa shape index (κ1) is 19.9. The van der Waals surface area contributed by atoms with Crippen LogP contribution in [0.3, 0.4) is 0 Å². The van der Waals surface area contributed by atoms with Gasteiger partial charge in [-0.05, 0) is 12.1 Å². The molecule has 0 atom stereocenters. The first-order valence-corrected chi connectivity index (χ1v) is 10.5. The van der Waals surface area contributed by atoms with E-state index in [9.17, 15) is 0 Å². The van der Waals surface area contributed by atoms with Crippen molar-refractivity contribution >= 4 is 51.4 Å². The zero-order valence-electron chi connectivity index (χ0n) is 16.3. The lowest BCUT2D eigenvalue weighted by atomic mass is 9.86. The van der Waals surface area contributed by atoms with Crippen LogP contribution in [0.5, 0.6) is 11.5 Å². The van der Waals surface area contributed by atoms with Gasteiger partial charge in [-0.15, -0.1) is 0 Å². The molecule has 6 nitrogen and oxygen atoms in total. The maximum absolute atomic E-state index is 6.64. The third-order valence-electron chi connectivity index (χ3n) is 5.71. The summed E-state index contributed by atoms with van der Waals surface area (Å²) in [5.41, 5.74) is 1.10. The molecule has 3 aromatic rings. The molecule has 2 saturated heterocycles. The molecule has 0 N–H and O–H groups in total. The molecule has 1 spiro atoms. The molecule has 2 fully saturated rings. The van der Waals surface area contributed by atoms with Crippen molar-refractivity contribution in [2.45, 2.75) is 12.0 Å². The SMILES string of the molecule is COc1cc(OC)c(Cl)c(-c2cc3cnc(Cl)cc3c(N3CC4(CCO4)C3)n2)c1Cl. The summed E-state index contributed by atoms with van der Waals surface area (Å²) in [6.45, 7) is 2.37. The maximum Gasteiger partial charge on any atom is 0.141 e. The summed E-state index contributed by atoms with van der Waals surface area (Å²) < 4.78 is 16.6. The Hall–Kier alpha value is -1.99. The molecule has 156 valence electrons. The average molecular weight is 467 g/mol. The molecule has 2 aliphatic rings. The number of ether oxygens (including phenoxy) is 3. The Morgan fingerprint density at radius 1 is 1.03 bits per heavy atom. The molecule has 1 aromatic carbocycles. The zero-order valence-corrected chi connectivity index (χ0v) is 18.6. The van der Waals surface area contributed by atoms with Crippen molar-refractivity contribution in [3.63, 3.8) is 0 Å². The second kappa shape index (κ2) is 7.31. The standard InChI is InChI=1S/C21H18Cl3N3O3/c1-28-14-7-15(29-2)19(24)17(18(14)23)13-5-11-8-25-16(22)6-12(11)20(26-13)27-9-21(10-27)3-4-30-21/h5-8H,3-4,9-10H2,1-2H3. The average Bonchev–Trinajstić information content (AvgIpc) is 2.66. The Balaban J connectivity index is 1.70. The number of fused-ring (bicyclic) bond motifs is 1. The number of nitrogens with zero attached hydrogens (tertiary/aromatic N) is 3. The molecule has 0 unspecified atom stereocenters. The van der Waals surface area contributed by atoms with Crippen LogP contribution in [0.1, 0.15) is 6.42 Å². The fraction of sp³-hybridized carbons (Fsp3) is 0.333. The number of halogens is 3. The number of hydrogen-bond acceptors (Lipinski definition) is 6. The molecule has 2 aliphatic heterocycles. The molecular weight excluding hydrogens is 449 g/mol. The van der Waals surface area contributed by atoms with Gasteiger partial charge in [-0.1, -0.05) is 34.8 Å². The van der Waals surface area contributed by atoms with E-state index >= 15 is 0 Å². The van der Waals surface area contributed by atoms with Gasteiger partial charge in [-0.2, -0.15) is 0 Å². The van der Waals surface area contributed by atoms with Crippen molar-refractivity contribution in [2.75, 3.05) is 38.8 Å². The Kier molecular flexibility index (Phi) is 4.86. The van der Waals surface area contributed by atoms with Crippen molar-refractivity contribution in [3.05, 3.63) is 39.6 Å². The van der Waals surface area contributed by atoms with Crippen LogP contribution in [0.2, 0.25) is 15.2 Å². The summed E-state index contributed by atoms with van der Waals surface area (Å²) in [7, 11) is 3.09. The molecule has 2 aromatic heterocycles. The van der Waals surface area contributed by atoms with Crippen molar-refractivity contribution in [2.24, 2.45) is 0 Å². The van der Waals surface area contributed by atoms with E-state index < -0.39 is 0 Å². The second-order valence-electron chi connectivity index (χ2n) is 7.48. The molecule has 4 heterocycles. The first-order valence-electron chi connectivity index (χ1n) is 9.40. The molecular formula is C21H18Cl3N3O3. The smallest absolute Gasteiger partial charge is 0.141 e. The van der Waals surface area contributed by atoms with Crippen LogP contribution in [-0.4, -0.2) is 49.5 Å². The van der Waals surface area contributed by atoms with Crippen molar-refractivity contribution in [3.8, 4) is 22.8 Å². The lowest BCUT2D eigenvalue weighted by Gasteiger charge is -2.55. The quantitative estimate of drug-likeness (QED) is 0.489. The second-order valence-corrected chi connectivity index (χ2v) is 8.62. The molecule has 0 bridgehead atoms. The fourth-order valence-electron chi connectivity index (χ4n) is 4.02. The van der Waals surface area contributed by atoms with Crippen molar-refractivity contribution in [1.82, 2.24) is 9.97 Å². The highest BCUT2D eigenvalue weighted by Gasteiger charge is 2.50. The number of aromatic nitrogens is 2. The van der Waals surface area contributed by atoms with Gasteiger partial charge < -0.3 is 19.1 Å². The predicted molar refractivity (Wildman–Crippen MR) is 119 cm³/mol. The topological polar surface area (TPSA) is 56.7 Å². The highest BCUT2D eigenvalue weighted by atomic mass is 35.5. The van der Waals surface area contributed by atoms with E-state index in [1.807, 2.05) is 12.1 Å². The van der Waals surface area contributed by atoms with E-state index in [2.05, 4.69) is 9.88 Å². The van der Waals surface area contributed by atoms with Gasteiger partial charge >= 0.3 is 0 Å². The van der Waals surface area contributed by atoms with E-state index in [0.717, 1.165) is 42.7 Å². The van der Waals surface area contributed by atoms with Crippen molar-refractivity contribution in [1.29, 1.82) is 0 Å². The number of rotatable bonds is 4. The van der Waals surface area contributed by atoms with Gasteiger partial charge in [-0.25, -0.2) is 9.97 Å². The summed E-state index contributed by atoms with van der Waals surface area (Å²) in [4.78, 5) is 11.3. The lowest BCUT2D eigenvalue weighted by Crippen LogP contribution is -2.68. The van der Waals surface area contributed by atoms with Gasteiger partial charge in [0.25, 0.3) is 0 Å². The lowest BCUT2D eigenvalue weighted by molar-refractivity contribution is -0.161. The fourth-order valence-corrected chi connectivity index (χ4v) is 4.87. The predicted octanol–water partition coefficient (Wildman–Crippen LogP) is 5.25. The number of benzene rings is 1. The van der Waals surface area contributed by atoms with E-state index in [1.54, 1.807) is 26.5 Å². The number of pyridine rings is 2. The van der Waals surface area contributed by atoms with Crippen LogP contribution in [0.25, 0.3) is 22.0 Å². The Morgan fingerprint density at radius 3 is 2.27 bits per heavy atom. The van der Waals surface area contributed by atoms with E-state index in [4.69, 9.17) is 54.0 Å². The van der Waals surface area contributed by atoms with E-state index in [-0.39, 0.29) is 5.60 Å². The molecule has 0 aliphatic carbocycles. The zero-order chi connectivity index (χ0) is 21.0. The minimum absolute atomic E-state index is 0.0463. The van der Waals surface area contributed by atoms with Gasteiger partial charge in [-0.3, -0.25) is 0 Å². The van der Waals surface area contributed by atoms with Crippen LogP contribution in [0, 0.1) is 0 Å². The summed E-state index contributed by atoms with van der Waals surface area (Å²) in [6, 6.07) is 5.37. The Bertz CT molecular complexity index is 1130. The maximum atomic E-state index is 6.64. The highest BCUT2D eigenvalue weighted by Crippen LogP contribution is 2.47. The molecule has 30 heavy (non-hydrogen) atoms. The number of hydrogen-bond donors (Lipinski definition) is 0. The Labute approximate surface area is 188 Å². The van der Waals surface area contributed by atoms with Crippen LogP contribution in [-0.2, 0) is 4.74 Å². The molecule has 0 amide bonds. The third-order valence-corrected chi connectivity index (χ3v) is 6.67. The minimum atomic E-state index is -0.0463. The van der Waals surface area contributed by atoms with Gasteiger partial charge in [0, 0.05) is 35.0 Å². The van der Waals surface area contributed by atoms with Gasteiger partial charge in [0.1, 0.15) is 28.1 Å². The minimum Gasteiger partial charge on any atom is -0.495 e. The number of methoxy groups -OCH3 is 2. The van der Waals surface area contributed by atoms with E-state index in [1.165, 1.54) is 0 Å². The number of anilines is 1. The van der Waals surface area contributed by atoms with Crippen molar-refractivity contribution < 1.29 is 14.2 Å². The molecule has 5 rings (SSSR count). The van der Waals surface area contributed by atoms with Crippen LogP contribution in [0.15, 0.2) is 24.4 Å². The molecule has 9 heteroatoms. The normalized spacial score (nSPS) is 17.0. The summed E-state index contributed by atoms with van der Waals surface area (Å²) in [6.07, 6.45) is 2.79. The summed E-state index contributed by atoms with van der Waals surface area (Å²) in [5.74, 6) is 1.70. The largest absolute Gasteiger partial charge is 0.495 e. The van der Waals surface area contributed by atoms with Crippen LogP contribution in [0.4, 0.5) is 5.82 Å². The summed E-state index contributed by atoms with van der Waals surface area (Å²) in [5, 5.41) is 2.93. The first-order chi connectivity index (χ1) is 14.4. The monoisotopic (exact) mass is 465 g/mol. The molecule has 0 saturated carbocycles. The third kappa shape index (κ3) is 3.05. The van der Waals surface area contributed by atoms with Gasteiger partial charge in [0.15, 0.2) is 0 Å². The molecule has 0 radical (unpaired) electrons.